The lowest BCUT2D eigenvalue weighted by atomic mass is 9.84. The Morgan fingerprint density at radius 1 is 0.696 bits per heavy atom. The van der Waals surface area contributed by atoms with Gasteiger partial charge in [-0.05, 0) is 12.8 Å². The van der Waals surface area contributed by atoms with Crippen LogP contribution in [0.1, 0.15) is 65.2 Å². The molecule has 0 saturated carbocycles. The average Bonchev–Trinajstić information content (AvgIpc) is 2.59. The molecule has 0 aromatic heterocycles. The Hall–Kier alpha value is -0.200. The molecule has 0 fully saturated rings. The molecule has 0 spiro atoms. The standard InChI is InChI=1S/C18H38O5/c1-8-10-11-12-13-14-16(19-3)17(20-4,15-9-2)18(21-5,22-6)23-7/h16H,8-15H2,1-7H3. The van der Waals surface area contributed by atoms with Gasteiger partial charge in [0.05, 0.1) is 6.10 Å². The molecule has 2 atom stereocenters. The van der Waals surface area contributed by atoms with Crippen molar-refractivity contribution in [3.8, 4) is 0 Å². The van der Waals surface area contributed by atoms with Crippen molar-refractivity contribution in [2.45, 2.75) is 82.9 Å². The minimum Gasteiger partial charge on any atom is -0.378 e. The van der Waals surface area contributed by atoms with Crippen molar-refractivity contribution < 1.29 is 23.7 Å². The van der Waals surface area contributed by atoms with Gasteiger partial charge in [0.25, 0.3) is 0 Å². The predicted molar refractivity (Wildman–Crippen MR) is 92.6 cm³/mol. The third kappa shape index (κ3) is 5.40. The number of ether oxygens (including phenoxy) is 5. The van der Waals surface area contributed by atoms with Gasteiger partial charge in [-0.2, -0.15) is 0 Å². The fourth-order valence-corrected chi connectivity index (χ4v) is 3.48. The number of hydrogen-bond acceptors (Lipinski definition) is 5. The van der Waals surface area contributed by atoms with Gasteiger partial charge in [-0.25, -0.2) is 0 Å². The topological polar surface area (TPSA) is 46.2 Å². The summed E-state index contributed by atoms with van der Waals surface area (Å²) >= 11 is 0. The van der Waals surface area contributed by atoms with Crippen LogP contribution in [0.15, 0.2) is 0 Å². The summed E-state index contributed by atoms with van der Waals surface area (Å²) in [4.78, 5) is 0. The second-order valence-electron chi connectivity index (χ2n) is 5.94. The average molecular weight is 334 g/mol. The first-order valence-electron chi connectivity index (χ1n) is 8.81. The zero-order valence-electron chi connectivity index (χ0n) is 16.3. The summed E-state index contributed by atoms with van der Waals surface area (Å²) in [6, 6.07) is 0. The smallest absolute Gasteiger partial charge is 0.315 e. The van der Waals surface area contributed by atoms with Gasteiger partial charge in [0.2, 0.25) is 0 Å². The lowest BCUT2D eigenvalue weighted by molar-refractivity contribution is -0.438. The van der Waals surface area contributed by atoms with Gasteiger partial charge in [-0.1, -0.05) is 52.4 Å². The van der Waals surface area contributed by atoms with Gasteiger partial charge in [-0.3, -0.25) is 0 Å². The number of unbranched alkanes of at least 4 members (excludes halogenated alkanes) is 4. The Morgan fingerprint density at radius 2 is 1.26 bits per heavy atom. The van der Waals surface area contributed by atoms with Crippen LogP contribution >= 0.6 is 0 Å². The highest BCUT2D eigenvalue weighted by atomic mass is 16.9. The summed E-state index contributed by atoms with van der Waals surface area (Å²) in [5.74, 6) is -1.29. The van der Waals surface area contributed by atoms with E-state index in [0.717, 1.165) is 19.3 Å². The Bertz CT molecular complexity index is 272. The minimum atomic E-state index is -1.29. The quantitative estimate of drug-likeness (QED) is 0.333. The van der Waals surface area contributed by atoms with Crippen molar-refractivity contribution in [1.82, 2.24) is 0 Å². The van der Waals surface area contributed by atoms with Gasteiger partial charge in [-0.15, -0.1) is 0 Å². The molecule has 140 valence electrons. The van der Waals surface area contributed by atoms with E-state index in [1.54, 1.807) is 35.5 Å². The van der Waals surface area contributed by atoms with Crippen molar-refractivity contribution in [2.24, 2.45) is 0 Å². The third-order valence-electron chi connectivity index (χ3n) is 4.68. The second kappa shape index (κ2) is 12.2. The normalized spacial score (nSPS) is 16.3. The van der Waals surface area contributed by atoms with E-state index in [1.807, 2.05) is 0 Å². The Labute approximate surface area is 143 Å². The molecule has 0 rings (SSSR count). The minimum absolute atomic E-state index is 0.172. The Kier molecular flexibility index (Phi) is 12.1. The van der Waals surface area contributed by atoms with Crippen LogP contribution in [0.25, 0.3) is 0 Å². The third-order valence-corrected chi connectivity index (χ3v) is 4.68. The molecule has 0 aliphatic heterocycles. The molecule has 5 nitrogen and oxygen atoms in total. The molecule has 2 unspecified atom stereocenters. The number of rotatable bonds is 15. The van der Waals surface area contributed by atoms with Crippen LogP contribution in [0, 0.1) is 0 Å². The number of hydrogen-bond donors (Lipinski definition) is 0. The van der Waals surface area contributed by atoms with Crippen molar-refractivity contribution in [3.63, 3.8) is 0 Å². The van der Waals surface area contributed by atoms with Crippen LogP contribution in [0.5, 0.6) is 0 Å². The highest BCUT2D eigenvalue weighted by Crippen LogP contribution is 2.40. The van der Waals surface area contributed by atoms with E-state index in [1.165, 1.54) is 25.7 Å². The van der Waals surface area contributed by atoms with Crippen LogP contribution < -0.4 is 0 Å². The summed E-state index contributed by atoms with van der Waals surface area (Å²) < 4.78 is 28.6. The van der Waals surface area contributed by atoms with Crippen LogP contribution in [-0.2, 0) is 23.7 Å². The molecule has 0 N–H and O–H groups in total. The molecule has 0 bridgehead atoms. The van der Waals surface area contributed by atoms with Crippen molar-refractivity contribution in [2.75, 3.05) is 35.5 Å². The van der Waals surface area contributed by atoms with Crippen LogP contribution in [0.3, 0.4) is 0 Å². The molecule has 23 heavy (non-hydrogen) atoms. The highest BCUT2D eigenvalue weighted by molar-refractivity contribution is 4.97. The van der Waals surface area contributed by atoms with E-state index in [0.29, 0.717) is 6.42 Å². The zero-order chi connectivity index (χ0) is 17.8. The fourth-order valence-electron chi connectivity index (χ4n) is 3.48. The summed E-state index contributed by atoms with van der Waals surface area (Å²) in [7, 11) is 8.11. The molecule has 0 aromatic carbocycles. The molecule has 0 aliphatic rings. The van der Waals surface area contributed by atoms with Crippen LogP contribution in [-0.4, -0.2) is 53.2 Å². The zero-order valence-corrected chi connectivity index (χ0v) is 16.3. The lowest BCUT2D eigenvalue weighted by Gasteiger charge is -2.49. The van der Waals surface area contributed by atoms with Crippen LogP contribution in [0.2, 0.25) is 0 Å². The van der Waals surface area contributed by atoms with Crippen molar-refractivity contribution in [3.05, 3.63) is 0 Å². The molecule has 0 saturated heterocycles. The first-order valence-corrected chi connectivity index (χ1v) is 8.81. The van der Waals surface area contributed by atoms with Gasteiger partial charge in [0, 0.05) is 35.5 Å². The monoisotopic (exact) mass is 334 g/mol. The summed E-state index contributed by atoms with van der Waals surface area (Å²) in [6.07, 6.45) is 8.38. The molecular formula is C18H38O5. The lowest BCUT2D eigenvalue weighted by Crippen LogP contribution is -2.65. The Morgan fingerprint density at radius 3 is 1.65 bits per heavy atom. The number of methoxy groups -OCH3 is 5. The van der Waals surface area contributed by atoms with E-state index >= 15 is 0 Å². The van der Waals surface area contributed by atoms with Gasteiger partial charge < -0.3 is 23.7 Å². The molecule has 0 aromatic rings. The molecular weight excluding hydrogens is 296 g/mol. The fraction of sp³-hybridized carbons (Fsp3) is 1.00. The SMILES string of the molecule is CCCCCCCC(OC)C(CCC)(OC)C(OC)(OC)OC. The maximum atomic E-state index is 5.95. The summed E-state index contributed by atoms with van der Waals surface area (Å²) in [5.41, 5.74) is -0.820. The van der Waals surface area contributed by atoms with Crippen molar-refractivity contribution >= 4 is 0 Å². The first-order chi connectivity index (χ1) is 11.1. The molecule has 0 heterocycles. The molecule has 5 heteroatoms. The maximum Gasteiger partial charge on any atom is 0.315 e. The van der Waals surface area contributed by atoms with Gasteiger partial charge >= 0.3 is 5.97 Å². The largest absolute Gasteiger partial charge is 0.378 e. The highest BCUT2D eigenvalue weighted by Gasteiger charge is 2.59. The molecule has 0 aliphatic carbocycles. The molecule has 0 amide bonds. The summed E-state index contributed by atoms with van der Waals surface area (Å²) in [6.45, 7) is 4.33. The van der Waals surface area contributed by atoms with E-state index < -0.39 is 11.6 Å². The van der Waals surface area contributed by atoms with E-state index in [2.05, 4.69) is 13.8 Å². The maximum absolute atomic E-state index is 5.95. The van der Waals surface area contributed by atoms with Crippen LogP contribution in [0.4, 0.5) is 0 Å². The van der Waals surface area contributed by atoms with Crippen molar-refractivity contribution in [1.29, 1.82) is 0 Å². The van der Waals surface area contributed by atoms with Gasteiger partial charge in [0.15, 0.2) is 5.60 Å². The Balaban J connectivity index is 5.29. The van der Waals surface area contributed by atoms with E-state index in [4.69, 9.17) is 23.7 Å². The summed E-state index contributed by atoms with van der Waals surface area (Å²) in [5, 5.41) is 0. The second-order valence-corrected chi connectivity index (χ2v) is 5.94. The molecule has 0 radical (unpaired) electrons. The predicted octanol–water partition coefficient (Wildman–Crippen LogP) is 4.14. The van der Waals surface area contributed by atoms with E-state index in [-0.39, 0.29) is 6.10 Å². The van der Waals surface area contributed by atoms with Gasteiger partial charge in [0.1, 0.15) is 0 Å². The van der Waals surface area contributed by atoms with E-state index in [9.17, 15) is 0 Å². The first kappa shape index (κ1) is 22.8.